The van der Waals surface area contributed by atoms with Gasteiger partial charge in [0.25, 0.3) is 5.91 Å². The SMILES string of the molecule is CC[C@H]1CN2CCc3cc(OC)c(OC)cc3[C@@H]2C[C@@H]1C[C@@H]1c2cc(OC)c(OC)cc2CCN1C(=O)C1=C[C@@H](c2cn(C(C)=O)c3ccccc23)C[C@@H](OCCOCCO)O1. The Labute approximate surface area is 364 Å². The number of aliphatic hydroxyl groups is 1. The topological polar surface area (TPSA) is 130 Å². The van der Waals surface area contributed by atoms with Crippen LogP contribution in [-0.4, -0.2) is 112 Å². The van der Waals surface area contributed by atoms with Crippen LogP contribution in [0.3, 0.4) is 0 Å². The van der Waals surface area contributed by atoms with Crippen molar-refractivity contribution < 1.29 is 47.9 Å². The Morgan fingerprint density at radius 2 is 1.48 bits per heavy atom. The molecule has 3 aromatic carbocycles. The second-order valence-electron chi connectivity index (χ2n) is 16.9. The zero-order valence-corrected chi connectivity index (χ0v) is 36.9. The number of allylic oxidation sites excluding steroid dienone is 1. The van der Waals surface area contributed by atoms with Gasteiger partial charge in [0.1, 0.15) is 0 Å². The van der Waals surface area contributed by atoms with Crippen molar-refractivity contribution in [3.05, 3.63) is 94.4 Å². The summed E-state index contributed by atoms with van der Waals surface area (Å²) >= 11 is 0. The molecule has 62 heavy (non-hydrogen) atoms. The van der Waals surface area contributed by atoms with Crippen molar-refractivity contribution in [3.8, 4) is 23.0 Å². The molecule has 4 aliphatic heterocycles. The van der Waals surface area contributed by atoms with Crippen LogP contribution >= 0.6 is 0 Å². The van der Waals surface area contributed by atoms with E-state index < -0.39 is 6.29 Å². The molecule has 8 rings (SSSR count). The lowest BCUT2D eigenvalue weighted by Crippen LogP contribution is -2.48. The highest BCUT2D eigenvalue weighted by Crippen LogP contribution is 2.50. The molecule has 5 heterocycles. The van der Waals surface area contributed by atoms with Crippen molar-refractivity contribution in [2.75, 3.05) is 74.5 Å². The molecule has 0 saturated carbocycles. The first kappa shape index (κ1) is 43.6. The normalized spacial score (nSPS) is 23.4. The average Bonchev–Trinajstić information content (AvgIpc) is 3.70. The van der Waals surface area contributed by atoms with Gasteiger partial charge in [0.15, 0.2) is 28.8 Å². The number of piperidine rings is 1. The highest BCUT2D eigenvalue weighted by molar-refractivity contribution is 5.95. The van der Waals surface area contributed by atoms with Crippen LogP contribution < -0.4 is 18.9 Å². The first-order chi connectivity index (χ1) is 30.2. The number of aliphatic hydroxyl groups excluding tert-OH is 1. The van der Waals surface area contributed by atoms with E-state index in [1.165, 1.54) is 11.1 Å². The minimum Gasteiger partial charge on any atom is -0.493 e. The molecule has 13 heteroatoms. The summed E-state index contributed by atoms with van der Waals surface area (Å²) in [5.74, 6) is 3.15. The fourth-order valence-corrected chi connectivity index (χ4v) is 10.5. The van der Waals surface area contributed by atoms with Crippen molar-refractivity contribution in [2.45, 2.75) is 76.7 Å². The summed E-state index contributed by atoms with van der Waals surface area (Å²) in [5, 5.41) is 10.2. The van der Waals surface area contributed by atoms with Gasteiger partial charge in [-0.1, -0.05) is 31.5 Å². The zero-order chi connectivity index (χ0) is 43.5. The van der Waals surface area contributed by atoms with E-state index in [1.54, 1.807) is 39.9 Å². The minimum absolute atomic E-state index is 0.0849. The lowest BCUT2D eigenvalue weighted by atomic mass is 9.72. The number of para-hydroxylation sites is 1. The molecular weight excluding hydrogens is 791 g/mol. The number of ether oxygens (including phenoxy) is 7. The number of rotatable bonds is 15. The first-order valence-electron chi connectivity index (χ1n) is 22.0. The molecule has 0 aliphatic carbocycles. The standard InChI is InChI=1S/C49H61N3O10/c1-7-31-28-50-14-12-32-22-43(56-3)45(58-5)26-37(32)41(50)20-34(31)21-42-38-27-46(59-6)44(57-4)23-33(38)13-15-51(42)49(55)47-24-35(25-48(62-47)61-19-18-60-17-16-53)39-29-52(30(2)54)40-11-9-8-10-36(39)40/h8-11,22-24,26-27,29,31,34-35,41-42,48,53H,7,12-21,25,28H2,1-6H3/t31-,34+,35+,41-,42+,48-/m0/s1. The molecule has 332 valence electrons. The van der Waals surface area contributed by atoms with Crippen LogP contribution in [0.2, 0.25) is 0 Å². The van der Waals surface area contributed by atoms with Gasteiger partial charge in [-0.05, 0) is 102 Å². The molecule has 0 spiro atoms. The summed E-state index contributed by atoms with van der Waals surface area (Å²) in [6.45, 7) is 6.89. The molecule has 1 aromatic heterocycles. The molecule has 1 fully saturated rings. The number of hydrogen-bond acceptors (Lipinski definition) is 11. The zero-order valence-electron chi connectivity index (χ0n) is 36.9. The maximum Gasteiger partial charge on any atom is 0.289 e. The number of amides is 1. The molecule has 1 amide bonds. The van der Waals surface area contributed by atoms with Gasteiger partial charge in [-0.3, -0.25) is 19.1 Å². The van der Waals surface area contributed by atoms with Crippen LogP contribution in [0.5, 0.6) is 23.0 Å². The van der Waals surface area contributed by atoms with E-state index in [2.05, 4.69) is 36.1 Å². The van der Waals surface area contributed by atoms with Gasteiger partial charge in [0.2, 0.25) is 12.2 Å². The van der Waals surface area contributed by atoms with E-state index >= 15 is 4.79 Å². The van der Waals surface area contributed by atoms with Gasteiger partial charge in [-0.15, -0.1) is 0 Å². The lowest BCUT2D eigenvalue weighted by molar-refractivity contribution is -0.158. The summed E-state index contributed by atoms with van der Waals surface area (Å²) < 4.78 is 43.1. The second kappa shape index (κ2) is 19.1. The van der Waals surface area contributed by atoms with Gasteiger partial charge in [0.05, 0.1) is 66.4 Å². The third-order valence-electron chi connectivity index (χ3n) is 13.6. The van der Waals surface area contributed by atoms with E-state index in [4.69, 9.17) is 33.2 Å². The number of fused-ring (bicyclic) bond motifs is 5. The van der Waals surface area contributed by atoms with E-state index in [0.717, 1.165) is 77.9 Å². The summed E-state index contributed by atoms with van der Waals surface area (Å²) in [6, 6.07) is 16.2. The molecule has 0 bridgehead atoms. The van der Waals surface area contributed by atoms with Crippen molar-refractivity contribution in [1.29, 1.82) is 0 Å². The molecule has 4 aromatic rings. The maximum atomic E-state index is 15.4. The van der Waals surface area contributed by atoms with Crippen LogP contribution in [0.4, 0.5) is 0 Å². The van der Waals surface area contributed by atoms with Gasteiger partial charge in [0, 0.05) is 56.5 Å². The van der Waals surface area contributed by atoms with E-state index in [1.807, 2.05) is 41.4 Å². The third kappa shape index (κ3) is 8.52. The van der Waals surface area contributed by atoms with Gasteiger partial charge in [-0.2, -0.15) is 0 Å². The Kier molecular flexibility index (Phi) is 13.4. The number of benzene rings is 3. The number of carbonyl (C=O) groups is 2. The van der Waals surface area contributed by atoms with Crippen LogP contribution in [-0.2, 0) is 31.8 Å². The van der Waals surface area contributed by atoms with Gasteiger partial charge < -0.3 is 43.2 Å². The lowest BCUT2D eigenvalue weighted by Gasteiger charge is -2.49. The molecular formula is C49H61N3O10. The molecule has 1 saturated heterocycles. The van der Waals surface area contributed by atoms with E-state index in [9.17, 15) is 9.90 Å². The number of carbonyl (C=O) groups excluding carboxylic acids is 2. The molecule has 6 atom stereocenters. The Morgan fingerprint density at radius 1 is 0.806 bits per heavy atom. The molecule has 0 radical (unpaired) electrons. The van der Waals surface area contributed by atoms with Crippen LogP contribution in [0.15, 0.2) is 66.6 Å². The Hall–Kier alpha value is -5.08. The van der Waals surface area contributed by atoms with Crippen molar-refractivity contribution in [1.82, 2.24) is 14.4 Å². The van der Waals surface area contributed by atoms with Gasteiger partial charge in [-0.25, -0.2) is 0 Å². The van der Waals surface area contributed by atoms with Crippen molar-refractivity contribution in [2.24, 2.45) is 11.8 Å². The van der Waals surface area contributed by atoms with Crippen LogP contribution in [0, 0.1) is 11.8 Å². The maximum absolute atomic E-state index is 15.4. The van der Waals surface area contributed by atoms with E-state index in [-0.39, 0.29) is 62.0 Å². The fraction of sp³-hybridized carbons (Fsp3) is 0.510. The summed E-state index contributed by atoms with van der Waals surface area (Å²) in [4.78, 5) is 32.8. The van der Waals surface area contributed by atoms with Crippen molar-refractivity contribution in [3.63, 3.8) is 0 Å². The quantitative estimate of drug-likeness (QED) is 0.122. The Bertz CT molecular complexity index is 2290. The largest absolute Gasteiger partial charge is 0.493 e. The predicted octanol–water partition coefficient (Wildman–Crippen LogP) is 7.24. The summed E-state index contributed by atoms with van der Waals surface area (Å²) in [7, 11) is 6.68. The number of aromatic nitrogens is 1. The monoisotopic (exact) mass is 851 g/mol. The predicted molar refractivity (Wildman–Crippen MR) is 234 cm³/mol. The van der Waals surface area contributed by atoms with Gasteiger partial charge >= 0.3 is 0 Å². The second-order valence-corrected chi connectivity index (χ2v) is 16.9. The minimum atomic E-state index is -0.753. The number of methoxy groups -OCH3 is 4. The molecule has 13 nitrogen and oxygen atoms in total. The highest BCUT2D eigenvalue weighted by Gasteiger charge is 2.43. The Balaban J connectivity index is 1.16. The summed E-state index contributed by atoms with van der Waals surface area (Å²) in [6.07, 6.45) is 7.80. The molecule has 1 N–H and O–H groups in total. The van der Waals surface area contributed by atoms with E-state index in [0.29, 0.717) is 42.7 Å². The Morgan fingerprint density at radius 3 is 2.18 bits per heavy atom. The first-order valence-corrected chi connectivity index (χ1v) is 22.0. The third-order valence-corrected chi connectivity index (χ3v) is 13.6. The smallest absolute Gasteiger partial charge is 0.289 e. The molecule has 4 aliphatic rings. The number of nitrogens with zero attached hydrogens (tertiary/aromatic N) is 3. The highest BCUT2D eigenvalue weighted by atomic mass is 16.7. The van der Waals surface area contributed by atoms with Crippen molar-refractivity contribution >= 4 is 22.7 Å². The number of hydrogen-bond donors (Lipinski definition) is 1. The van der Waals surface area contributed by atoms with Crippen LogP contribution in [0.25, 0.3) is 10.9 Å². The molecule has 0 unspecified atom stereocenters. The fourth-order valence-electron chi connectivity index (χ4n) is 10.5. The summed E-state index contributed by atoms with van der Waals surface area (Å²) in [5.41, 5.74) is 6.52. The van der Waals surface area contributed by atoms with Crippen LogP contribution in [0.1, 0.15) is 90.1 Å². The average molecular weight is 852 g/mol.